The number of hydrogen-bond donors (Lipinski definition) is 1. The molecular weight excluding hydrogens is 288 g/mol. The molecule has 0 heterocycles. The first-order chi connectivity index (χ1) is 11.1. The van der Waals surface area contributed by atoms with Gasteiger partial charge in [-0.05, 0) is 48.4 Å². The maximum absolute atomic E-state index is 10.9. The van der Waals surface area contributed by atoms with Gasteiger partial charge in [0, 0.05) is 5.56 Å². The third-order valence-corrected chi connectivity index (χ3v) is 4.71. The first-order valence-corrected chi connectivity index (χ1v) is 8.26. The number of aryl methyl sites for hydroxylation is 1. The fraction of sp³-hybridized carbons (Fsp3) is 0.350. The van der Waals surface area contributed by atoms with Gasteiger partial charge in [-0.2, -0.15) is 0 Å². The number of rotatable bonds is 3. The summed E-state index contributed by atoms with van der Waals surface area (Å²) in [6.45, 7) is 1.97. The third kappa shape index (κ3) is 3.55. The van der Waals surface area contributed by atoms with Gasteiger partial charge in [0.25, 0.3) is 0 Å². The molecule has 0 atom stereocenters. The minimum atomic E-state index is -1.28. The zero-order chi connectivity index (χ0) is 16.2. The van der Waals surface area contributed by atoms with E-state index in [4.69, 9.17) is 9.84 Å². The van der Waals surface area contributed by atoms with Crippen LogP contribution in [-0.4, -0.2) is 11.3 Å². The van der Waals surface area contributed by atoms with Crippen LogP contribution in [-0.2, 0) is 0 Å². The second kappa shape index (κ2) is 6.86. The molecule has 120 valence electrons. The van der Waals surface area contributed by atoms with Gasteiger partial charge in [0.2, 0.25) is 0 Å². The molecule has 2 aromatic carbocycles. The van der Waals surface area contributed by atoms with E-state index in [0.717, 1.165) is 16.7 Å². The summed E-state index contributed by atoms with van der Waals surface area (Å²) in [5, 5.41) is 8.92. The largest absolute Gasteiger partial charge is 0.511 e. The molecule has 2 aromatic rings. The molecule has 1 fully saturated rings. The van der Waals surface area contributed by atoms with E-state index in [2.05, 4.69) is 24.3 Å². The van der Waals surface area contributed by atoms with Crippen molar-refractivity contribution in [3.63, 3.8) is 0 Å². The Labute approximate surface area is 136 Å². The van der Waals surface area contributed by atoms with Gasteiger partial charge < -0.3 is 9.84 Å². The van der Waals surface area contributed by atoms with E-state index in [-0.39, 0.29) is 0 Å². The standard InChI is InChI=1S/C20H22O3/c1-14-6-5-9-18(23-20(21)22)19(14)17-12-10-16(11-13-17)15-7-3-2-4-8-15/h5-6,9-13,15H,2-4,7-8H2,1H3,(H,21,22). The Balaban J connectivity index is 1.91. The van der Waals surface area contributed by atoms with Gasteiger partial charge >= 0.3 is 6.16 Å². The highest BCUT2D eigenvalue weighted by molar-refractivity contribution is 5.77. The molecule has 3 nitrogen and oxygen atoms in total. The second-order valence-corrected chi connectivity index (χ2v) is 6.27. The third-order valence-electron chi connectivity index (χ3n) is 4.71. The van der Waals surface area contributed by atoms with Crippen LogP contribution in [0.25, 0.3) is 11.1 Å². The summed E-state index contributed by atoms with van der Waals surface area (Å²) in [6.07, 6.45) is 5.26. The highest BCUT2D eigenvalue weighted by Gasteiger charge is 2.16. The van der Waals surface area contributed by atoms with Crippen molar-refractivity contribution < 1.29 is 14.6 Å². The molecule has 23 heavy (non-hydrogen) atoms. The molecule has 0 unspecified atom stereocenters. The fourth-order valence-electron chi connectivity index (χ4n) is 3.55. The van der Waals surface area contributed by atoms with Crippen LogP contribution in [0.3, 0.4) is 0 Å². The van der Waals surface area contributed by atoms with Crippen LogP contribution in [0.2, 0.25) is 0 Å². The highest BCUT2D eigenvalue weighted by Crippen LogP contribution is 2.36. The second-order valence-electron chi connectivity index (χ2n) is 6.27. The maximum atomic E-state index is 10.9. The molecule has 0 aliphatic heterocycles. The predicted molar refractivity (Wildman–Crippen MR) is 91.1 cm³/mol. The van der Waals surface area contributed by atoms with Crippen molar-refractivity contribution in [2.45, 2.75) is 44.9 Å². The van der Waals surface area contributed by atoms with Crippen molar-refractivity contribution in [3.05, 3.63) is 53.6 Å². The SMILES string of the molecule is Cc1cccc(OC(=O)O)c1-c1ccc(C2CCCCC2)cc1. The molecule has 0 saturated heterocycles. The average molecular weight is 310 g/mol. The average Bonchev–Trinajstić information content (AvgIpc) is 2.56. The summed E-state index contributed by atoms with van der Waals surface area (Å²) in [7, 11) is 0. The molecule has 3 heteroatoms. The number of hydrogen-bond acceptors (Lipinski definition) is 2. The van der Waals surface area contributed by atoms with Crippen molar-refractivity contribution in [1.82, 2.24) is 0 Å². The minimum absolute atomic E-state index is 0.392. The van der Waals surface area contributed by atoms with Crippen LogP contribution < -0.4 is 4.74 Å². The molecule has 0 aromatic heterocycles. The zero-order valence-electron chi connectivity index (χ0n) is 13.4. The van der Waals surface area contributed by atoms with Gasteiger partial charge in [-0.15, -0.1) is 0 Å². The van der Waals surface area contributed by atoms with Crippen LogP contribution in [0, 0.1) is 6.92 Å². The summed E-state index contributed by atoms with van der Waals surface area (Å²) in [5.41, 5.74) is 4.25. The van der Waals surface area contributed by atoms with E-state index in [9.17, 15) is 4.79 Å². The molecule has 1 N–H and O–H groups in total. The molecule has 3 rings (SSSR count). The Bertz CT molecular complexity index is 683. The Morgan fingerprint density at radius 3 is 2.39 bits per heavy atom. The van der Waals surface area contributed by atoms with E-state index in [1.54, 1.807) is 6.07 Å². The monoisotopic (exact) mass is 310 g/mol. The summed E-state index contributed by atoms with van der Waals surface area (Å²) < 4.78 is 4.94. The Morgan fingerprint density at radius 1 is 1.04 bits per heavy atom. The number of benzene rings is 2. The highest BCUT2D eigenvalue weighted by atomic mass is 16.7. The van der Waals surface area contributed by atoms with Crippen molar-refractivity contribution in [3.8, 4) is 16.9 Å². The summed E-state index contributed by atoms with van der Waals surface area (Å²) >= 11 is 0. The lowest BCUT2D eigenvalue weighted by Crippen LogP contribution is -2.05. The van der Waals surface area contributed by atoms with Gasteiger partial charge in [0.15, 0.2) is 0 Å². The molecular formula is C20H22O3. The molecule has 1 aliphatic carbocycles. The van der Waals surface area contributed by atoms with Gasteiger partial charge in [-0.25, -0.2) is 4.79 Å². The summed E-state index contributed by atoms with van der Waals surface area (Å²) in [5.74, 6) is 1.06. The van der Waals surface area contributed by atoms with Gasteiger partial charge in [-0.1, -0.05) is 55.7 Å². The quantitative estimate of drug-likeness (QED) is 0.578. The summed E-state index contributed by atoms with van der Waals surface area (Å²) in [4.78, 5) is 10.9. The molecule has 0 bridgehead atoms. The number of ether oxygens (including phenoxy) is 1. The predicted octanol–water partition coefficient (Wildman–Crippen LogP) is 5.77. The van der Waals surface area contributed by atoms with E-state index in [1.807, 2.05) is 19.1 Å². The molecule has 1 aliphatic rings. The van der Waals surface area contributed by atoms with Crippen LogP contribution in [0.1, 0.15) is 49.1 Å². The van der Waals surface area contributed by atoms with Crippen LogP contribution in [0.5, 0.6) is 5.75 Å². The van der Waals surface area contributed by atoms with Gasteiger partial charge in [-0.3, -0.25) is 0 Å². The van der Waals surface area contributed by atoms with Gasteiger partial charge in [0.05, 0.1) is 0 Å². The first kappa shape index (κ1) is 15.6. The Morgan fingerprint density at radius 2 is 1.74 bits per heavy atom. The Hall–Kier alpha value is -2.29. The van der Waals surface area contributed by atoms with Crippen molar-refractivity contribution in [2.75, 3.05) is 0 Å². The normalized spacial score (nSPS) is 15.3. The lowest BCUT2D eigenvalue weighted by Gasteiger charge is -2.22. The zero-order valence-corrected chi connectivity index (χ0v) is 13.4. The maximum Gasteiger partial charge on any atom is 0.511 e. The van der Waals surface area contributed by atoms with Crippen molar-refractivity contribution >= 4 is 6.16 Å². The van der Waals surface area contributed by atoms with E-state index in [0.29, 0.717) is 11.7 Å². The first-order valence-electron chi connectivity index (χ1n) is 8.26. The topological polar surface area (TPSA) is 46.5 Å². The Kier molecular flexibility index (Phi) is 4.65. The minimum Gasteiger partial charge on any atom is -0.449 e. The van der Waals surface area contributed by atoms with Crippen LogP contribution in [0.4, 0.5) is 4.79 Å². The van der Waals surface area contributed by atoms with Crippen molar-refractivity contribution in [1.29, 1.82) is 0 Å². The smallest absolute Gasteiger partial charge is 0.449 e. The molecule has 0 amide bonds. The lowest BCUT2D eigenvalue weighted by molar-refractivity contribution is 0.144. The number of carboxylic acid groups (broad SMARTS) is 1. The van der Waals surface area contributed by atoms with E-state index < -0.39 is 6.16 Å². The fourth-order valence-corrected chi connectivity index (χ4v) is 3.55. The van der Waals surface area contributed by atoms with E-state index in [1.165, 1.54) is 37.7 Å². The molecule has 0 spiro atoms. The molecule has 1 saturated carbocycles. The van der Waals surface area contributed by atoms with Crippen molar-refractivity contribution in [2.24, 2.45) is 0 Å². The summed E-state index contributed by atoms with van der Waals surface area (Å²) in [6, 6.07) is 14.0. The van der Waals surface area contributed by atoms with Gasteiger partial charge in [0.1, 0.15) is 5.75 Å². The lowest BCUT2D eigenvalue weighted by atomic mass is 9.83. The molecule has 0 radical (unpaired) electrons. The van der Waals surface area contributed by atoms with E-state index >= 15 is 0 Å². The van der Waals surface area contributed by atoms with Crippen LogP contribution in [0.15, 0.2) is 42.5 Å². The number of carbonyl (C=O) groups is 1. The van der Waals surface area contributed by atoms with Crippen LogP contribution >= 0.6 is 0 Å².